The van der Waals surface area contributed by atoms with E-state index in [2.05, 4.69) is 13.8 Å². The van der Waals surface area contributed by atoms with E-state index in [1.165, 1.54) is 225 Å². The summed E-state index contributed by atoms with van der Waals surface area (Å²) in [6, 6.07) is 0. The van der Waals surface area contributed by atoms with E-state index < -0.39 is 26.5 Å². The fourth-order valence-corrected chi connectivity index (χ4v) is 9.21. The summed E-state index contributed by atoms with van der Waals surface area (Å²) in [7, 11) is 1.19. The van der Waals surface area contributed by atoms with Crippen LogP contribution in [-0.2, 0) is 32.7 Å². The van der Waals surface area contributed by atoms with E-state index in [4.69, 9.17) is 18.5 Å². The molecule has 2 atom stereocenters. The smallest absolute Gasteiger partial charge is 0.306 e. The maximum absolute atomic E-state index is 12.8. The first-order chi connectivity index (χ1) is 31.5. The van der Waals surface area contributed by atoms with Gasteiger partial charge in [-0.25, -0.2) is 0 Å². The van der Waals surface area contributed by atoms with Gasteiger partial charge in [-0.3, -0.25) is 14.2 Å². The highest BCUT2D eigenvalue weighted by Crippen LogP contribution is 2.38. The van der Waals surface area contributed by atoms with Crippen LogP contribution in [0, 0.1) is 0 Å². The Morgan fingerprint density at radius 3 is 0.985 bits per heavy atom. The lowest BCUT2D eigenvalue weighted by Gasteiger charge is -2.28. The Balaban J connectivity index is 4.08. The summed E-state index contributed by atoms with van der Waals surface area (Å²) < 4.78 is 34.1. The van der Waals surface area contributed by atoms with Crippen LogP contribution in [0.5, 0.6) is 0 Å². The van der Waals surface area contributed by atoms with Gasteiger partial charge in [0, 0.05) is 12.8 Å². The number of hydrogen-bond acceptors (Lipinski definition) is 8. The number of unbranched alkanes of at least 4 members (excludes halogenated alkanes) is 39. The minimum atomic E-state index is -4.62. The second kappa shape index (κ2) is 48.1. The molecule has 0 aliphatic heterocycles. The summed E-state index contributed by atoms with van der Waals surface area (Å²) in [4.78, 5) is 37.8. The molecule has 0 saturated heterocycles. The zero-order valence-electron chi connectivity index (χ0n) is 44.0. The number of likely N-dealkylation sites (N-methyl/N-ethyl adjacent to an activating group) is 1. The third-order valence-corrected chi connectivity index (χ3v) is 13.8. The Labute approximate surface area is 404 Å². The van der Waals surface area contributed by atoms with Gasteiger partial charge in [-0.05, 0) is 12.8 Å². The lowest BCUT2D eigenvalue weighted by Crippen LogP contribution is -2.37. The van der Waals surface area contributed by atoms with Gasteiger partial charge in [0.05, 0.1) is 27.7 Å². The number of rotatable bonds is 53. The van der Waals surface area contributed by atoms with Crippen LogP contribution in [0.3, 0.4) is 0 Å². The molecule has 0 spiro atoms. The van der Waals surface area contributed by atoms with Crippen molar-refractivity contribution in [3.8, 4) is 0 Å². The summed E-state index contributed by atoms with van der Waals surface area (Å²) in [6.45, 7) is 4.30. The van der Waals surface area contributed by atoms with Crippen LogP contribution in [0.15, 0.2) is 0 Å². The lowest BCUT2D eigenvalue weighted by molar-refractivity contribution is -0.870. The average Bonchev–Trinajstić information content (AvgIpc) is 3.26. The van der Waals surface area contributed by atoms with Gasteiger partial charge >= 0.3 is 11.9 Å². The van der Waals surface area contributed by atoms with E-state index in [1.807, 2.05) is 21.1 Å². The molecule has 0 aliphatic rings. The first-order valence-electron chi connectivity index (χ1n) is 28.2. The van der Waals surface area contributed by atoms with Crippen molar-refractivity contribution in [1.82, 2.24) is 0 Å². The van der Waals surface area contributed by atoms with Crippen LogP contribution in [0.1, 0.15) is 290 Å². The van der Waals surface area contributed by atoms with Gasteiger partial charge in [-0.1, -0.05) is 264 Å². The largest absolute Gasteiger partial charge is 0.756 e. The molecule has 0 N–H and O–H groups in total. The molecule has 0 aromatic heterocycles. The highest BCUT2D eigenvalue weighted by atomic mass is 31.2. The molecule has 0 bridgehead atoms. The van der Waals surface area contributed by atoms with Crippen molar-refractivity contribution in [2.75, 3.05) is 47.5 Å². The molecule has 9 nitrogen and oxygen atoms in total. The number of carbonyl (C=O) groups is 2. The standard InChI is InChI=1S/C55H110NO8P/c1-6-8-10-12-14-16-18-20-22-23-24-25-26-27-28-29-30-31-32-34-36-38-40-42-44-46-48-55(58)64-53(52-63-65(59,60)62-50-49-56(3,4)5)51-61-54(57)47-45-43-41-39-37-35-33-21-19-17-15-13-11-9-7-2/h53H,6-52H2,1-5H3. The topological polar surface area (TPSA) is 111 Å². The van der Waals surface area contributed by atoms with Gasteiger partial charge in [0.1, 0.15) is 19.8 Å². The molecule has 0 aromatic carbocycles. The first kappa shape index (κ1) is 64.0. The summed E-state index contributed by atoms with van der Waals surface area (Å²) >= 11 is 0. The number of quaternary nitrogens is 1. The van der Waals surface area contributed by atoms with Gasteiger partial charge in [0.2, 0.25) is 0 Å². The predicted octanol–water partition coefficient (Wildman–Crippen LogP) is 16.5. The summed E-state index contributed by atoms with van der Waals surface area (Å²) in [5.41, 5.74) is 0. The predicted molar refractivity (Wildman–Crippen MR) is 273 cm³/mol. The number of hydrogen-bond donors (Lipinski definition) is 0. The molecule has 0 amide bonds. The second-order valence-corrected chi connectivity index (χ2v) is 22.1. The highest BCUT2D eigenvalue weighted by Gasteiger charge is 2.22. The van der Waals surface area contributed by atoms with Crippen LogP contribution in [0.2, 0.25) is 0 Å². The summed E-state index contributed by atoms with van der Waals surface area (Å²) in [5.74, 6) is -0.811. The van der Waals surface area contributed by atoms with E-state index in [0.29, 0.717) is 17.4 Å². The van der Waals surface area contributed by atoms with E-state index in [1.54, 1.807) is 0 Å². The van der Waals surface area contributed by atoms with E-state index >= 15 is 0 Å². The second-order valence-electron chi connectivity index (χ2n) is 20.7. The molecule has 0 aliphatic carbocycles. The number of nitrogens with zero attached hydrogens (tertiary/aromatic N) is 1. The molecule has 0 saturated carbocycles. The molecule has 2 unspecified atom stereocenters. The van der Waals surface area contributed by atoms with Crippen molar-refractivity contribution in [3.05, 3.63) is 0 Å². The van der Waals surface area contributed by atoms with Crippen molar-refractivity contribution < 1.29 is 42.1 Å². The number of phosphoric acid groups is 1. The molecule has 10 heteroatoms. The monoisotopic (exact) mass is 944 g/mol. The minimum absolute atomic E-state index is 0.0252. The van der Waals surface area contributed by atoms with Crippen LogP contribution in [0.4, 0.5) is 0 Å². The quantitative estimate of drug-likeness (QED) is 0.0257. The molecule has 0 aromatic rings. The Bertz CT molecular complexity index is 1070. The third-order valence-electron chi connectivity index (χ3n) is 12.9. The van der Waals surface area contributed by atoms with Crippen molar-refractivity contribution in [3.63, 3.8) is 0 Å². The van der Waals surface area contributed by atoms with Crippen molar-refractivity contribution in [2.45, 2.75) is 296 Å². The molecule has 0 rings (SSSR count). The molecule has 0 heterocycles. The van der Waals surface area contributed by atoms with Gasteiger partial charge in [-0.2, -0.15) is 0 Å². The fourth-order valence-electron chi connectivity index (χ4n) is 8.48. The van der Waals surface area contributed by atoms with Crippen LogP contribution < -0.4 is 4.89 Å². The van der Waals surface area contributed by atoms with Crippen LogP contribution in [0.25, 0.3) is 0 Å². The van der Waals surface area contributed by atoms with Gasteiger partial charge < -0.3 is 27.9 Å². The fraction of sp³-hybridized carbons (Fsp3) is 0.964. The van der Waals surface area contributed by atoms with Crippen LogP contribution >= 0.6 is 7.82 Å². The molecular formula is C55H110NO8P. The van der Waals surface area contributed by atoms with Crippen molar-refractivity contribution in [1.29, 1.82) is 0 Å². The van der Waals surface area contributed by atoms with E-state index in [-0.39, 0.29) is 32.0 Å². The van der Waals surface area contributed by atoms with Gasteiger partial charge in [-0.15, -0.1) is 0 Å². The maximum atomic E-state index is 12.8. The van der Waals surface area contributed by atoms with E-state index in [0.717, 1.165) is 32.1 Å². The zero-order chi connectivity index (χ0) is 47.8. The van der Waals surface area contributed by atoms with Gasteiger partial charge in [0.15, 0.2) is 6.10 Å². The zero-order valence-corrected chi connectivity index (χ0v) is 44.9. The SMILES string of the molecule is CCCCCCCCCCCCCCCCCCCCCCCCCCCCC(=O)OC(COC(=O)CCCCCCCCCCCCCCCCC)COP(=O)([O-])OCC[N+](C)(C)C. The third kappa shape index (κ3) is 52.2. The average molecular weight is 944 g/mol. The molecule has 0 fully saturated rings. The summed E-state index contributed by atoms with van der Waals surface area (Å²) in [6.07, 6.45) is 52.9. The van der Waals surface area contributed by atoms with Crippen molar-refractivity contribution in [2.24, 2.45) is 0 Å². The maximum Gasteiger partial charge on any atom is 0.306 e. The van der Waals surface area contributed by atoms with Crippen LogP contribution in [-0.4, -0.2) is 70.0 Å². The molecule has 388 valence electrons. The number of phosphoric ester groups is 1. The number of ether oxygens (including phenoxy) is 2. The Kier molecular flexibility index (Phi) is 47.3. The molecule has 65 heavy (non-hydrogen) atoms. The minimum Gasteiger partial charge on any atom is -0.756 e. The highest BCUT2D eigenvalue weighted by molar-refractivity contribution is 7.45. The Hall–Kier alpha value is -0.990. The molecule has 0 radical (unpaired) electrons. The van der Waals surface area contributed by atoms with Gasteiger partial charge in [0.25, 0.3) is 7.82 Å². The summed E-state index contributed by atoms with van der Waals surface area (Å²) in [5, 5.41) is 0. The van der Waals surface area contributed by atoms with E-state index in [9.17, 15) is 19.0 Å². The Morgan fingerprint density at radius 1 is 0.415 bits per heavy atom. The Morgan fingerprint density at radius 2 is 0.692 bits per heavy atom. The normalized spacial score (nSPS) is 13.3. The number of carbonyl (C=O) groups excluding carboxylic acids is 2. The van der Waals surface area contributed by atoms with Crippen molar-refractivity contribution >= 4 is 19.8 Å². The lowest BCUT2D eigenvalue weighted by atomic mass is 10.0. The molecular weight excluding hydrogens is 834 g/mol. The number of esters is 2. The first-order valence-corrected chi connectivity index (χ1v) is 29.7.